The molecule has 1 saturated heterocycles. The normalized spacial score (nSPS) is 24.8. The van der Waals surface area contributed by atoms with Crippen molar-refractivity contribution >= 4 is 5.97 Å². The van der Waals surface area contributed by atoms with Crippen LogP contribution in [0.1, 0.15) is 24.2 Å². The van der Waals surface area contributed by atoms with Crippen molar-refractivity contribution in [2.45, 2.75) is 18.8 Å². The number of carbonyl (C=O) groups excluding carboxylic acids is 1. The molecule has 0 aliphatic carbocycles. The molecule has 0 spiro atoms. The van der Waals surface area contributed by atoms with E-state index in [0.717, 1.165) is 11.1 Å². The average molecular weight is 254 g/mol. The molecular formula is C16H14O3. The van der Waals surface area contributed by atoms with Crippen LogP contribution in [0.15, 0.2) is 60.7 Å². The number of benzene rings is 2. The topological polar surface area (TPSA) is 38.8 Å². The molecule has 1 aliphatic rings. The Morgan fingerprint density at radius 2 is 1.63 bits per heavy atom. The maximum Gasteiger partial charge on any atom is 0.305 e. The molecule has 0 radical (unpaired) electrons. The summed E-state index contributed by atoms with van der Waals surface area (Å²) in [6.07, 6.45) is -0.236. The van der Waals surface area contributed by atoms with Crippen LogP contribution in [0.3, 0.4) is 0 Å². The highest BCUT2D eigenvalue weighted by atomic mass is 16.8. The molecule has 2 atom stereocenters. The molecule has 0 N–H and O–H groups in total. The van der Waals surface area contributed by atoms with Crippen molar-refractivity contribution in [2.24, 2.45) is 0 Å². The van der Waals surface area contributed by atoms with Crippen LogP contribution in [0.4, 0.5) is 0 Å². The predicted octanol–water partition coefficient (Wildman–Crippen LogP) is 3.17. The summed E-state index contributed by atoms with van der Waals surface area (Å²) >= 11 is 0. The van der Waals surface area contributed by atoms with E-state index in [0.29, 0.717) is 0 Å². The zero-order valence-corrected chi connectivity index (χ0v) is 10.6. The summed E-state index contributed by atoms with van der Waals surface area (Å²) in [6, 6.07) is 19.3. The van der Waals surface area contributed by atoms with Gasteiger partial charge in [-0.25, -0.2) is 0 Å². The van der Waals surface area contributed by atoms with E-state index in [1.54, 1.807) is 0 Å². The summed E-state index contributed by atoms with van der Waals surface area (Å²) in [6.45, 7) is 1.40. The van der Waals surface area contributed by atoms with E-state index in [-0.39, 0.29) is 12.1 Å². The van der Waals surface area contributed by atoms with Crippen molar-refractivity contribution in [2.75, 3.05) is 0 Å². The van der Waals surface area contributed by atoms with Crippen molar-refractivity contribution < 1.29 is 14.3 Å². The van der Waals surface area contributed by atoms with Gasteiger partial charge in [0.1, 0.15) is 0 Å². The van der Waals surface area contributed by atoms with Gasteiger partial charge in [-0.2, -0.15) is 0 Å². The van der Waals surface area contributed by atoms with Crippen LogP contribution >= 0.6 is 0 Å². The fraction of sp³-hybridized carbons (Fsp3) is 0.188. The third kappa shape index (κ3) is 2.13. The van der Waals surface area contributed by atoms with Crippen molar-refractivity contribution in [3.8, 4) is 0 Å². The van der Waals surface area contributed by atoms with Gasteiger partial charge in [0.2, 0.25) is 0 Å². The molecule has 1 fully saturated rings. The first-order valence-electron chi connectivity index (χ1n) is 6.20. The molecule has 0 saturated carbocycles. The molecule has 1 heterocycles. The third-order valence-corrected chi connectivity index (χ3v) is 3.15. The summed E-state index contributed by atoms with van der Waals surface area (Å²) in [7, 11) is 0. The number of carbonyl (C=O) groups is 1. The molecule has 0 aromatic heterocycles. The maximum absolute atomic E-state index is 11.3. The first-order chi connectivity index (χ1) is 9.22. The van der Waals surface area contributed by atoms with E-state index in [1.165, 1.54) is 6.92 Å². The summed E-state index contributed by atoms with van der Waals surface area (Å²) in [4.78, 5) is 11.3. The highest BCUT2D eigenvalue weighted by Crippen LogP contribution is 2.57. The van der Waals surface area contributed by atoms with Crippen molar-refractivity contribution in [1.29, 1.82) is 0 Å². The van der Waals surface area contributed by atoms with E-state index in [2.05, 4.69) is 0 Å². The van der Waals surface area contributed by atoms with Crippen LogP contribution < -0.4 is 0 Å². The zero-order valence-electron chi connectivity index (χ0n) is 10.6. The lowest BCUT2D eigenvalue weighted by Gasteiger charge is -2.13. The molecule has 1 aliphatic heterocycles. The molecule has 19 heavy (non-hydrogen) atoms. The summed E-state index contributed by atoms with van der Waals surface area (Å²) in [5.41, 5.74) is 1.87. The van der Waals surface area contributed by atoms with Gasteiger partial charge in [0, 0.05) is 12.5 Å². The number of ether oxygens (including phenoxy) is 2. The second-order valence-corrected chi connectivity index (χ2v) is 4.54. The second-order valence-electron chi connectivity index (χ2n) is 4.54. The average Bonchev–Trinajstić information content (AvgIpc) is 3.15. The van der Waals surface area contributed by atoms with Gasteiger partial charge in [0.15, 0.2) is 6.10 Å². The van der Waals surface area contributed by atoms with Crippen LogP contribution in [-0.4, -0.2) is 5.97 Å². The third-order valence-electron chi connectivity index (χ3n) is 3.15. The molecule has 2 unspecified atom stereocenters. The Morgan fingerprint density at radius 3 is 2.21 bits per heavy atom. The number of epoxide rings is 1. The van der Waals surface area contributed by atoms with Crippen LogP contribution in [0.2, 0.25) is 0 Å². The van der Waals surface area contributed by atoms with Crippen LogP contribution in [0.5, 0.6) is 0 Å². The van der Waals surface area contributed by atoms with Gasteiger partial charge in [-0.15, -0.1) is 0 Å². The summed E-state index contributed by atoms with van der Waals surface area (Å²) < 4.78 is 11.2. The van der Waals surface area contributed by atoms with Crippen molar-refractivity contribution in [3.63, 3.8) is 0 Å². The number of hydrogen-bond donors (Lipinski definition) is 0. The number of esters is 1. The molecule has 3 heteroatoms. The zero-order chi connectivity index (χ0) is 13.3. The fourth-order valence-electron chi connectivity index (χ4n) is 2.30. The van der Waals surface area contributed by atoms with Crippen LogP contribution in [0.25, 0.3) is 0 Å². The van der Waals surface area contributed by atoms with Gasteiger partial charge in [-0.3, -0.25) is 4.79 Å². The predicted molar refractivity (Wildman–Crippen MR) is 70.2 cm³/mol. The molecule has 3 nitrogen and oxygen atoms in total. The fourth-order valence-corrected chi connectivity index (χ4v) is 2.30. The summed E-state index contributed by atoms with van der Waals surface area (Å²) in [5.74, 6) is -1.31. The number of hydrogen-bond acceptors (Lipinski definition) is 3. The minimum absolute atomic E-state index is 0.236. The van der Waals surface area contributed by atoms with Crippen LogP contribution in [0, 0.1) is 0 Å². The lowest BCUT2D eigenvalue weighted by atomic mass is 10.0. The van der Waals surface area contributed by atoms with E-state index in [1.807, 2.05) is 60.7 Å². The van der Waals surface area contributed by atoms with E-state index < -0.39 is 5.79 Å². The Bertz CT molecular complexity index is 579. The first kappa shape index (κ1) is 11.9. The van der Waals surface area contributed by atoms with Crippen molar-refractivity contribution in [1.82, 2.24) is 0 Å². The van der Waals surface area contributed by atoms with Gasteiger partial charge in [-0.1, -0.05) is 60.7 Å². The lowest BCUT2D eigenvalue weighted by molar-refractivity contribution is -0.157. The highest BCUT2D eigenvalue weighted by molar-refractivity contribution is 5.67. The van der Waals surface area contributed by atoms with E-state index in [9.17, 15) is 4.79 Å². The Balaban J connectivity index is 1.96. The summed E-state index contributed by atoms with van der Waals surface area (Å²) in [5, 5.41) is 0. The molecule has 0 bridgehead atoms. The highest BCUT2D eigenvalue weighted by Gasteiger charge is 2.62. The van der Waals surface area contributed by atoms with Gasteiger partial charge in [0.05, 0.1) is 0 Å². The Hall–Kier alpha value is -2.13. The minimum atomic E-state index is -0.964. The Labute approximate surface area is 111 Å². The number of rotatable bonds is 3. The minimum Gasteiger partial charge on any atom is -0.425 e. The quantitative estimate of drug-likeness (QED) is 0.623. The Kier molecular flexibility index (Phi) is 2.84. The standard InChI is InChI=1S/C16H14O3/c1-12(17)18-16(14-10-6-3-7-11-14)15(19-16)13-8-4-2-5-9-13/h2-11,15H,1H3. The van der Waals surface area contributed by atoms with E-state index >= 15 is 0 Å². The second kappa shape index (κ2) is 4.52. The van der Waals surface area contributed by atoms with Gasteiger partial charge < -0.3 is 9.47 Å². The molecule has 2 aromatic rings. The molecule has 3 rings (SSSR count). The smallest absolute Gasteiger partial charge is 0.305 e. The SMILES string of the molecule is CC(=O)OC1(c2ccccc2)OC1c1ccccc1. The molecule has 96 valence electrons. The molecule has 2 aromatic carbocycles. The molecular weight excluding hydrogens is 240 g/mol. The van der Waals surface area contributed by atoms with Crippen molar-refractivity contribution in [3.05, 3.63) is 71.8 Å². The Morgan fingerprint density at radius 1 is 1.05 bits per heavy atom. The van der Waals surface area contributed by atoms with Gasteiger partial charge in [0.25, 0.3) is 5.79 Å². The maximum atomic E-state index is 11.3. The van der Waals surface area contributed by atoms with Gasteiger partial charge >= 0.3 is 5.97 Å². The van der Waals surface area contributed by atoms with Gasteiger partial charge in [-0.05, 0) is 5.56 Å². The van der Waals surface area contributed by atoms with Crippen LogP contribution in [-0.2, 0) is 20.1 Å². The monoisotopic (exact) mass is 254 g/mol. The molecule has 0 amide bonds. The van der Waals surface area contributed by atoms with E-state index in [4.69, 9.17) is 9.47 Å². The lowest BCUT2D eigenvalue weighted by Crippen LogP contribution is -2.18. The first-order valence-corrected chi connectivity index (χ1v) is 6.20. The largest absolute Gasteiger partial charge is 0.425 e.